The number of halogens is 2. The van der Waals surface area contributed by atoms with E-state index in [1.165, 1.54) is 0 Å². The first-order valence-corrected chi connectivity index (χ1v) is 17.1. The normalized spacial score (nSPS) is 24.4. The van der Waals surface area contributed by atoms with Crippen molar-refractivity contribution in [1.29, 1.82) is 0 Å². The zero-order valence-electron chi connectivity index (χ0n) is 27.1. The summed E-state index contributed by atoms with van der Waals surface area (Å²) in [7, 11) is 0. The average molecular weight is 657 g/mol. The smallest absolute Gasteiger partial charge is 0.275 e. The highest BCUT2D eigenvalue weighted by atomic mass is 19.3. The van der Waals surface area contributed by atoms with Crippen LogP contribution in [0, 0.1) is 0 Å². The van der Waals surface area contributed by atoms with Gasteiger partial charge >= 0.3 is 0 Å². The van der Waals surface area contributed by atoms with Crippen LogP contribution in [-0.2, 0) is 22.6 Å². The number of alkyl halides is 2. The Morgan fingerprint density at radius 3 is 2.44 bits per heavy atom. The maximum absolute atomic E-state index is 15.7. The number of rotatable bonds is 9. The molecular weight excluding hydrogens is 614 g/mol. The predicted octanol–water partition coefficient (Wildman–Crippen LogP) is 3.89. The molecule has 3 atom stereocenters. The van der Waals surface area contributed by atoms with Crippen molar-refractivity contribution in [2.75, 3.05) is 45.8 Å². The molecule has 0 saturated carbocycles. The Bertz CT molecular complexity index is 1590. The first-order valence-electron chi connectivity index (χ1n) is 17.1. The van der Waals surface area contributed by atoms with Gasteiger partial charge in [-0.1, -0.05) is 48.5 Å². The summed E-state index contributed by atoms with van der Waals surface area (Å²) in [5.41, 5.74) is 4.62. The second kappa shape index (κ2) is 13.8. The summed E-state index contributed by atoms with van der Waals surface area (Å²) in [4.78, 5) is 49.3. The summed E-state index contributed by atoms with van der Waals surface area (Å²) in [5, 5.41) is 2.33. The number of aromatic nitrogens is 1. The molecule has 252 valence electrons. The van der Waals surface area contributed by atoms with E-state index in [4.69, 9.17) is 0 Å². The van der Waals surface area contributed by atoms with Crippen LogP contribution in [0.15, 0.2) is 72.9 Å². The number of aryl methyl sites for hydroxylation is 1. The highest BCUT2D eigenvalue weighted by molar-refractivity contribution is 6.05. The van der Waals surface area contributed by atoms with Gasteiger partial charge in [-0.2, -0.15) is 0 Å². The number of amides is 3. The van der Waals surface area contributed by atoms with Crippen LogP contribution in [0.4, 0.5) is 8.78 Å². The number of fused-ring (bicyclic) bond motifs is 1. The van der Waals surface area contributed by atoms with Crippen LogP contribution in [-0.4, -0.2) is 106 Å². The third kappa shape index (κ3) is 6.76. The molecule has 2 aromatic carbocycles. The lowest BCUT2D eigenvalue weighted by atomic mass is 9.96. The Morgan fingerprint density at radius 1 is 0.917 bits per heavy atom. The van der Waals surface area contributed by atoms with Gasteiger partial charge in [-0.25, -0.2) is 8.78 Å². The molecule has 9 nitrogen and oxygen atoms in total. The van der Waals surface area contributed by atoms with Gasteiger partial charge in [0, 0.05) is 57.4 Å². The predicted molar refractivity (Wildman–Crippen MR) is 176 cm³/mol. The van der Waals surface area contributed by atoms with Gasteiger partial charge in [0.15, 0.2) is 0 Å². The summed E-state index contributed by atoms with van der Waals surface area (Å²) in [6.45, 7) is 3.90. The molecule has 3 amide bonds. The van der Waals surface area contributed by atoms with Crippen molar-refractivity contribution in [2.45, 2.75) is 62.7 Å². The van der Waals surface area contributed by atoms with Gasteiger partial charge in [0.25, 0.3) is 11.8 Å². The van der Waals surface area contributed by atoms with Gasteiger partial charge in [-0.15, -0.1) is 0 Å². The topological polar surface area (TPSA) is 89.1 Å². The van der Waals surface area contributed by atoms with Crippen LogP contribution in [0.25, 0.3) is 0 Å². The van der Waals surface area contributed by atoms with Gasteiger partial charge in [-0.3, -0.25) is 39.4 Å². The first-order chi connectivity index (χ1) is 23.3. The number of nitrogens with zero attached hydrogens (tertiary/aromatic N) is 5. The zero-order chi connectivity index (χ0) is 33.3. The molecule has 0 radical (unpaired) electrons. The minimum Gasteiger partial charge on any atom is -0.322 e. The fourth-order valence-electron chi connectivity index (χ4n) is 7.98. The number of pyridine rings is 1. The summed E-state index contributed by atoms with van der Waals surface area (Å²) in [6, 6.07) is 20.5. The van der Waals surface area contributed by atoms with Crippen molar-refractivity contribution in [3.63, 3.8) is 0 Å². The summed E-state index contributed by atoms with van der Waals surface area (Å²) in [6.07, 6.45) is 4.24. The Labute approximate surface area is 279 Å². The first kappa shape index (κ1) is 32.5. The summed E-state index contributed by atoms with van der Waals surface area (Å²) >= 11 is 0. The van der Waals surface area contributed by atoms with Crippen molar-refractivity contribution in [3.05, 3.63) is 101 Å². The average Bonchev–Trinajstić information content (AvgIpc) is 3.41. The van der Waals surface area contributed by atoms with Crippen molar-refractivity contribution < 1.29 is 23.2 Å². The molecule has 3 saturated heterocycles. The van der Waals surface area contributed by atoms with E-state index < -0.39 is 23.9 Å². The van der Waals surface area contributed by atoms with E-state index in [0.717, 1.165) is 28.8 Å². The molecule has 7 rings (SSSR count). The molecule has 0 aliphatic carbocycles. The molecule has 4 aliphatic rings. The van der Waals surface area contributed by atoms with E-state index in [1.54, 1.807) is 11.0 Å². The molecule has 11 heteroatoms. The second-order valence-corrected chi connectivity index (χ2v) is 13.5. The highest BCUT2D eigenvalue weighted by Crippen LogP contribution is 2.35. The van der Waals surface area contributed by atoms with Gasteiger partial charge in [0.05, 0.1) is 24.3 Å². The van der Waals surface area contributed by atoms with E-state index >= 15 is 8.78 Å². The lowest BCUT2D eigenvalue weighted by molar-refractivity contribution is -0.137. The number of carbonyl (C=O) groups is 3. The van der Waals surface area contributed by atoms with E-state index in [2.05, 4.69) is 27.3 Å². The SMILES string of the molecule is O=C1CCC(N2Cc3cc(CCCN4CCC(N5CCN(C(c6ccccc6)c6ccccn6)CC5)C(F)(F)C4)ccc3C2=O)C(=O)N1. The maximum atomic E-state index is 15.7. The molecule has 3 unspecified atom stereocenters. The van der Waals surface area contributed by atoms with Gasteiger partial charge in [-0.05, 0) is 67.1 Å². The number of likely N-dealkylation sites (tertiary alicyclic amines) is 1. The van der Waals surface area contributed by atoms with E-state index in [-0.39, 0.29) is 30.8 Å². The number of nitrogens with one attached hydrogen (secondary N) is 1. The molecule has 0 spiro atoms. The third-order valence-electron chi connectivity index (χ3n) is 10.4. The summed E-state index contributed by atoms with van der Waals surface area (Å²) in [5.74, 6) is -3.72. The lowest BCUT2D eigenvalue weighted by Crippen LogP contribution is -2.62. The standard InChI is InChI=1S/C37H42F2N6O3/c38-37(39)25-42(17-6-7-26-11-12-29-28(23-26)24-45(36(29)48)31-13-14-33(46)41-35(31)47)18-15-32(37)43-19-21-44(22-20-43)34(27-8-2-1-3-9-27)30-10-4-5-16-40-30/h1-5,8-12,16,23,31-32,34H,6-7,13-15,17-22,24-25H2,(H,41,46,47). The second-order valence-electron chi connectivity index (χ2n) is 13.5. The van der Waals surface area contributed by atoms with Crippen LogP contribution in [0.5, 0.6) is 0 Å². The minimum atomic E-state index is -2.80. The number of hydrogen-bond donors (Lipinski definition) is 1. The van der Waals surface area contributed by atoms with Gasteiger partial charge in [0.2, 0.25) is 11.8 Å². The largest absolute Gasteiger partial charge is 0.322 e. The lowest BCUT2D eigenvalue weighted by Gasteiger charge is -2.47. The fraction of sp³-hybridized carbons (Fsp3) is 0.459. The summed E-state index contributed by atoms with van der Waals surface area (Å²) < 4.78 is 31.3. The molecule has 4 aliphatic heterocycles. The van der Waals surface area contributed by atoms with Gasteiger partial charge in [0.1, 0.15) is 6.04 Å². The highest BCUT2D eigenvalue weighted by Gasteiger charge is 2.48. The molecule has 5 heterocycles. The van der Waals surface area contributed by atoms with Gasteiger partial charge < -0.3 is 4.90 Å². The Balaban J connectivity index is 0.901. The number of hydrogen-bond acceptors (Lipinski definition) is 7. The van der Waals surface area contributed by atoms with E-state index in [1.807, 2.05) is 64.5 Å². The molecule has 1 N–H and O–H groups in total. The van der Waals surface area contributed by atoms with Crippen LogP contribution in [0.1, 0.15) is 64.5 Å². The molecule has 3 fully saturated rings. The van der Waals surface area contributed by atoms with Crippen LogP contribution < -0.4 is 5.32 Å². The third-order valence-corrected chi connectivity index (χ3v) is 10.4. The number of carbonyl (C=O) groups excluding carboxylic acids is 3. The van der Waals surface area contributed by atoms with Crippen LogP contribution >= 0.6 is 0 Å². The minimum absolute atomic E-state index is 0.00709. The Kier molecular flexibility index (Phi) is 9.35. The molecule has 3 aromatic rings. The number of imide groups is 1. The maximum Gasteiger partial charge on any atom is 0.275 e. The Hall–Kier alpha value is -4.06. The van der Waals surface area contributed by atoms with Crippen molar-refractivity contribution >= 4 is 17.7 Å². The van der Waals surface area contributed by atoms with Crippen LogP contribution in [0.3, 0.4) is 0 Å². The molecule has 0 bridgehead atoms. The fourth-order valence-corrected chi connectivity index (χ4v) is 7.98. The monoisotopic (exact) mass is 656 g/mol. The van der Waals surface area contributed by atoms with Crippen molar-refractivity contribution in [1.82, 2.24) is 29.9 Å². The number of benzene rings is 2. The molecule has 48 heavy (non-hydrogen) atoms. The van der Waals surface area contributed by atoms with Crippen molar-refractivity contribution in [2.24, 2.45) is 0 Å². The van der Waals surface area contributed by atoms with Crippen LogP contribution in [0.2, 0.25) is 0 Å². The Morgan fingerprint density at radius 2 is 1.71 bits per heavy atom. The van der Waals surface area contributed by atoms with Crippen molar-refractivity contribution in [3.8, 4) is 0 Å². The quantitative estimate of drug-likeness (QED) is 0.350. The van der Waals surface area contributed by atoms with E-state index in [9.17, 15) is 14.4 Å². The number of piperazine rings is 1. The molecule has 1 aromatic heterocycles. The zero-order valence-corrected chi connectivity index (χ0v) is 27.1. The molecular formula is C37H42F2N6O3. The number of piperidine rings is 2. The van der Waals surface area contributed by atoms with E-state index in [0.29, 0.717) is 70.6 Å².